The van der Waals surface area contributed by atoms with Gasteiger partial charge in [-0.2, -0.15) is 0 Å². The summed E-state index contributed by atoms with van der Waals surface area (Å²) in [6, 6.07) is 10.1. The fourth-order valence-electron chi connectivity index (χ4n) is 4.17. The number of pyridine rings is 1. The van der Waals surface area contributed by atoms with Crippen molar-refractivity contribution < 1.29 is 5.11 Å². The van der Waals surface area contributed by atoms with Crippen LogP contribution in [0.2, 0.25) is 0 Å². The lowest BCUT2D eigenvalue weighted by atomic mass is 10.0. The van der Waals surface area contributed by atoms with E-state index in [-0.39, 0.29) is 0 Å². The molecule has 1 atom stereocenters. The molecular weight excluding hydrogens is 380 g/mol. The molecule has 1 aliphatic rings. The molecule has 1 unspecified atom stereocenters. The highest BCUT2D eigenvalue weighted by atomic mass is 16.3. The Balaban J connectivity index is 1.42. The van der Waals surface area contributed by atoms with E-state index >= 15 is 0 Å². The second-order valence-corrected chi connectivity index (χ2v) is 8.29. The van der Waals surface area contributed by atoms with Crippen LogP contribution in [0.3, 0.4) is 0 Å². The summed E-state index contributed by atoms with van der Waals surface area (Å²) in [5, 5.41) is 20.3. The number of likely N-dealkylation sites (N-methyl/N-ethyl adjacent to an activating group) is 1. The van der Waals surface area contributed by atoms with E-state index in [0.717, 1.165) is 28.8 Å². The number of nitrogens with zero attached hydrogens (tertiary/aromatic N) is 8. The summed E-state index contributed by atoms with van der Waals surface area (Å²) in [4.78, 5) is 17.7. The van der Waals surface area contributed by atoms with E-state index < -0.39 is 5.60 Å². The smallest absolute Gasteiger partial charge is 0.221 e. The minimum absolute atomic E-state index is 0.518. The first kappa shape index (κ1) is 18.8. The molecule has 5 rings (SSSR count). The predicted octanol–water partition coefficient (Wildman–Crippen LogP) is 1.32. The Morgan fingerprint density at radius 1 is 1.20 bits per heavy atom. The van der Waals surface area contributed by atoms with E-state index in [4.69, 9.17) is 4.98 Å². The van der Waals surface area contributed by atoms with Gasteiger partial charge in [-0.05, 0) is 44.3 Å². The maximum absolute atomic E-state index is 10.8. The molecule has 30 heavy (non-hydrogen) atoms. The van der Waals surface area contributed by atoms with Gasteiger partial charge in [-0.15, -0.1) is 5.10 Å². The number of fused-ring (bicyclic) bond motifs is 2. The van der Waals surface area contributed by atoms with Gasteiger partial charge in [-0.3, -0.25) is 4.98 Å². The largest absolute Gasteiger partial charge is 0.387 e. The Labute approximate surface area is 174 Å². The van der Waals surface area contributed by atoms with Crippen molar-refractivity contribution in [2.24, 2.45) is 0 Å². The third-order valence-electron chi connectivity index (χ3n) is 5.48. The Morgan fingerprint density at radius 3 is 2.97 bits per heavy atom. The highest BCUT2D eigenvalue weighted by molar-refractivity contribution is 5.79. The molecule has 0 saturated carbocycles. The van der Waals surface area contributed by atoms with E-state index in [1.807, 2.05) is 43.3 Å². The Kier molecular flexibility index (Phi) is 4.56. The number of hydrogen-bond acceptors (Lipinski definition) is 8. The van der Waals surface area contributed by atoms with Gasteiger partial charge in [-0.1, -0.05) is 17.3 Å². The quantitative estimate of drug-likeness (QED) is 0.532. The summed E-state index contributed by atoms with van der Waals surface area (Å²) < 4.78 is 1.77. The standard InChI is InChI=1S/C21H24N8O/c1-27(2)13-21(30)7-9-28(14-21)18-11-23-19-20(24-18)29(26-25-19)12-15-5-6-17-16(10-15)4-3-8-22-17/h3-6,8,10-11,30H,7,9,12-14H2,1-2H3. The Bertz CT molecular complexity index is 1210. The summed E-state index contributed by atoms with van der Waals surface area (Å²) in [5.74, 6) is 0.739. The molecule has 0 bridgehead atoms. The summed E-state index contributed by atoms with van der Waals surface area (Å²) in [7, 11) is 3.94. The normalized spacial score (nSPS) is 19.4. The zero-order valence-electron chi connectivity index (χ0n) is 17.1. The maximum atomic E-state index is 10.8. The van der Waals surface area contributed by atoms with Crippen LogP contribution in [0.15, 0.2) is 42.7 Å². The molecule has 0 radical (unpaired) electrons. The van der Waals surface area contributed by atoms with Crippen LogP contribution in [-0.4, -0.2) is 79.3 Å². The zero-order valence-corrected chi connectivity index (χ0v) is 17.1. The number of rotatable bonds is 5. The number of β-amino-alcohol motifs (C(OH)–C–C–N with tert-alkyl or cyclic N) is 1. The van der Waals surface area contributed by atoms with Crippen molar-refractivity contribution in [1.82, 2.24) is 34.8 Å². The number of aromatic nitrogens is 6. The van der Waals surface area contributed by atoms with Crippen LogP contribution in [0.4, 0.5) is 5.82 Å². The molecule has 0 spiro atoms. The van der Waals surface area contributed by atoms with E-state index in [2.05, 4.69) is 31.2 Å². The van der Waals surface area contributed by atoms with Crippen molar-refractivity contribution in [1.29, 1.82) is 0 Å². The van der Waals surface area contributed by atoms with Crippen molar-refractivity contribution >= 4 is 28.0 Å². The third-order valence-corrected chi connectivity index (χ3v) is 5.48. The molecule has 3 aromatic heterocycles. The molecule has 4 aromatic rings. The highest BCUT2D eigenvalue weighted by Crippen LogP contribution is 2.26. The number of benzene rings is 1. The molecule has 9 nitrogen and oxygen atoms in total. The second-order valence-electron chi connectivity index (χ2n) is 8.29. The van der Waals surface area contributed by atoms with Crippen LogP contribution < -0.4 is 4.90 Å². The molecule has 1 aliphatic heterocycles. The molecule has 9 heteroatoms. The molecule has 0 amide bonds. The Morgan fingerprint density at radius 2 is 2.10 bits per heavy atom. The SMILES string of the molecule is CN(C)CC1(O)CCN(c2cnc3nnn(Cc4ccc5ncccc5c4)c3n2)C1. The molecule has 4 heterocycles. The van der Waals surface area contributed by atoms with Crippen molar-refractivity contribution in [3.05, 3.63) is 48.3 Å². The minimum atomic E-state index is -0.738. The Hall–Kier alpha value is -3.17. The van der Waals surface area contributed by atoms with Crippen LogP contribution >= 0.6 is 0 Å². The summed E-state index contributed by atoms with van der Waals surface area (Å²) >= 11 is 0. The van der Waals surface area contributed by atoms with E-state index in [0.29, 0.717) is 37.3 Å². The van der Waals surface area contributed by atoms with Gasteiger partial charge in [0.2, 0.25) is 5.65 Å². The van der Waals surface area contributed by atoms with Gasteiger partial charge >= 0.3 is 0 Å². The van der Waals surface area contributed by atoms with Gasteiger partial charge < -0.3 is 14.9 Å². The average molecular weight is 404 g/mol. The predicted molar refractivity (Wildman–Crippen MR) is 114 cm³/mol. The number of hydrogen-bond donors (Lipinski definition) is 1. The van der Waals surface area contributed by atoms with Gasteiger partial charge in [0.1, 0.15) is 5.82 Å². The van der Waals surface area contributed by atoms with Crippen LogP contribution in [0.1, 0.15) is 12.0 Å². The van der Waals surface area contributed by atoms with Crippen LogP contribution in [0, 0.1) is 0 Å². The van der Waals surface area contributed by atoms with E-state index in [1.54, 1.807) is 17.1 Å². The van der Waals surface area contributed by atoms with Crippen molar-refractivity contribution in [2.45, 2.75) is 18.6 Å². The van der Waals surface area contributed by atoms with Gasteiger partial charge in [0.05, 0.1) is 23.9 Å². The molecule has 1 aromatic carbocycles. The van der Waals surface area contributed by atoms with Gasteiger partial charge in [0, 0.05) is 31.2 Å². The first-order valence-corrected chi connectivity index (χ1v) is 10.0. The minimum Gasteiger partial charge on any atom is -0.387 e. The fraction of sp³-hybridized carbons (Fsp3) is 0.381. The second kappa shape index (κ2) is 7.26. The third kappa shape index (κ3) is 3.57. The molecule has 154 valence electrons. The van der Waals surface area contributed by atoms with E-state index in [9.17, 15) is 5.11 Å². The lowest BCUT2D eigenvalue weighted by molar-refractivity contribution is 0.0365. The number of anilines is 1. The average Bonchev–Trinajstić information content (AvgIpc) is 3.30. The molecular formula is C21H24N8O. The van der Waals surface area contributed by atoms with Gasteiger partial charge in [0.15, 0.2) is 5.65 Å². The van der Waals surface area contributed by atoms with Crippen LogP contribution in [-0.2, 0) is 6.54 Å². The summed E-state index contributed by atoms with van der Waals surface area (Å²) in [6.45, 7) is 2.44. The molecule has 0 aliphatic carbocycles. The lowest BCUT2D eigenvalue weighted by Crippen LogP contribution is -2.42. The molecule has 1 fully saturated rings. The maximum Gasteiger partial charge on any atom is 0.221 e. The lowest BCUT2D eigenvalue weighted by Gasteiger charge is -2.26. The molecule has 1 saturated heterocycles. The molecule has 1 N–H and O–H groups in total. The highest BCUT2D eigenvalue weighted by Gasteiger charge is 2.37. The topological polar surface area (TPSA) is 96.1 Å². The van der Waals surface area contributed by atoms with Crippen LogP contribution in [0.5, 0.6) is 0 Å². The fourth-order valence-corrected chi connectivity index (χ4v) is 4.17. The monoisotopic (exact) mass is 404 g/mol. The summed E-state index contributed by atoms with van der Waals surface area (Å²) in [5.41, 5.74) is 2.48. The van der Waals surface area contributed by atoms with Crippen molar-refractivity contribution in [3.63, 3.8) is 0 Å². The van der Waals surface area contributed by atoms with E-state index in [1.165, 1.54) is 0 Å². The van der Waals surface area contributed by atoms with Gasteiger partial charge in [-0.25, -0.2) is 14.6 Å². The van der Waals surface area contributed by atoms with Gasteiger partial charge in [0.25, 0.3) is 0 Å². The summed E-state index contributed by atoms with van der Waals surface area (Å²) in [6.07, 6.45) is 4.21. The first-order valence-electron chi connectivity index (χ1n) is 10.0. The number of aliphatic hydroxyl groups is 1. The zero-order chi connectivity index (χ0) is 20.7. The van der Waals surface area contributed by atoms with Crippen molar-refractivity contribution in [3.8, 4) is 0 Å². The van der Waals surface area contributed by atoms with Crippen LogP contribution in [0.25, 0.3) is 22.2 Å². The first-order chi connectivity index (χ1) is 14.5. The van der Waals surface area contributed by atoms with Crippen molar-refractivity contribution in [2.75, 3.05) is 38.6 Å².